The molecule has 0 saturated heterocycles. The molecule has 0 fully saturated rings. The smallest absolute Gasteiger partial charge is 0.270 e. The lowest BCUT2D eigenvalue weighted by Gasteiger charge is -2.08. The molecule has 2 heterocycles. The summed E-state index contributed by atoms with van der Waals surface area (Å²) in [6.45, 7) is 4.17. The van der Waals surface area contributed by atoms with E-state index in [1.165, 1.54) is 17.7 Å². The zero-order chi connectivity index (χ0) is 10.8. The second kappa shape index (κ2) is 3.98. The molecule has 2 rings (SSSR count). The van der Waals surface area contributed by atoms with Crippen LogP contribution >= 0.6 is 11.3 Å². The normalized spacial score (nSPS) is 12.9. The molecule has 15 heavy (non-hydrogen) atoms. The highest BCUT2D eigenvalue weighted by molar-refractivity contribution is 7.22. The standard InChI is InChI=1S/C9H12N4OS/c1-3-5(2)12-9-13-7-6(15-9)8(14)11-4-10-7/h4-5H,3H2,1-2H3,(H2,10,11,12,13,14). The van der Waals surface area contributed by atoms with E-state index < -0.39 is 0 Å². The highest BCUT2D eigenvalue weighted by atomic mass is 32.1. The van der Waals surface area contributed by atoms with Gasteiger partial charge in [-0.2, -0.15) is 4.98 Å². The van der Waals surface area contributed by atoms with E-state index in [1.54, 1.807) is 0 Å². The Morgan fingerprint density at radius 3 is 3.13 bits per heavy atom. The van der Waals surface area contributed by atoms with Crippen LogP contribution in [-0.4, -0.2) is 21.0 Å². The summed E-state index contributed by atoms with van der Waals surface area (Å²) in [4.78, 5) is 22.2. The molecule has 0 aliphatic rings. The third-order valence-electron chi connectivity index (χ3n) is 2.18. The quantitative estimate of drug-likeness (QED) is 0.830. The number of nitrogens with zero attached hydrogens (tertiary/aromatic N) is 2. The fraction of sp³-hybridized carbons (Fsp3) is 0.444. The average Bonchev–Trinajstić information content (AvgIpc) is 2.62. The van der Waals surface area contributed by atoms with Gasteiger partial charge in [0.2, 0.25) is 0 Å². The van der Waals surface area contributed by atoms with E-state index in [2.05, 4.69) is 34.1 Å². The summed E-state index contributed by atoms with van der Waals surface area (Å²) >= 11 is 1.34. The number of anilines is 1. The van der Waals surface area contributed by atoms with Crippen molar-refractivity contribution in [1.82, 2.24) is 15.0 Å². The van der Waals surface area contributed by atoms with E-state index in [0.717, 1.165) is 11.6 Å². The molecule has 5 nitrogen and oxygen atoms in total. The van der Waals surface area contributed by atoms with Gasteiger partial charge in [0.1, 0.15) is 4.70 Å². The van der Waals surface area contributed by atoms with Crippen LogP contribution in [0.15, 0.2) is 11.1 Å². The van der Waals surface area contributed by atoms with Crippen LogP contribution in [0.4, 0.5) is 5.13 Å². The Labute approximate surface area is 90.6 Å². The van der Waals surface area contributed by atoms with E-state index in [1.807, 2.05) is 0 Å². The number of thiazole rings is 1. The van der Waals surface area contributed by atoms with Gasteiger partial charge < -0.3 is 10.3 Å². The van der Waals surface area contributed by atoms with Crippen LogP contribution in [0.1, 0.15) is 20.3 Å². The van der Waals surface area contributed by atoms with E-state index in [9.17, 15) is 4.79 Å². The van der Waals surface area contributed by atoms with Crippen molar-refractivity contribution in [1.29, 1.82) is 0 Å². The van der Waals surface area contributed by atoms with Crippen molar-refractivity contribution in [2.75, 3.05) is 5.32 Å². The van der Waals surface area contributed by atoms with Crippen LogP contribution in [0.5, 0.6) is 0 Å². The Hall–Kier alpha value is -1.43. The summed E-state index contributed by atoms with van der Waals surface area (Å²) in [6.07, 6.45) is 2.39. The van der Waals surface area contributed by atoms with Gasteiger partial charge in [-0.3, -0.25) is 4.79 Å². The first-order valence-electron chi connectivity index (χ1n) is 4.81. The topological polar surface area (TPSA) is 70.7 Å². The molecule has 0 spiro atoms. The maximum atomic E-state index is 11.4. The summed E-state index contributed by atoms with van der Waals surface area (Å²) in [7, 11) is 0. The molecule has 80 valence electrons. The van der Waals surface area contributed by atoms with E-state index in [0.29, 0.717) is 16.4 Å². The zero-order valence-corrected chi connectivity index (χ0v) is 9.39. The lowest BCUT2D eigenvalue weighted by atomic mass is 10.3. The molecular formula is C9H12N4OS. The van der Waals surface area contributed by atoms with Crippen molar-refractivity contribution in [3.05, 3.63) is 16.7 Å². The van der Waals surface area contributed by atoms with Gasteiger partial charge >= 0.3 is 0 Å². The third-order valence-corrected chi connectivity index (χ3v) is 3.15. The first kappa shape index (κ1) is 10.1. The Balaban J connectivity index is 2.39. The minimum absolute atomic E-state index is 0.130. The molecule has 0 aromatic carbocycles. The first-order valence-corrected chi connectivity index (χ1v) is 5.63. The second-order valence-electron chi connectivity index (χ2n) is 3.36. The monoisotopic (exact) mass is 224 g/mol. The molecule has 1 unspecified atom stereocenters. The number of aromatic amines is 1. The molecule has 2 aromatic heterocycles. The summed E-state index contributed by atoms with van der Waals surface area (Å²) in [5, 5.41) is 3.98. The maximum Gasteiger partial charge on any atom is 0.270 e. The van der Waals surface area contributed by atoms with Gasteiger partial charge in [-0.1, -0.05) is 18.3 Å². The molecule has 2 N–H and O–H groups in total. The first-order chi connectivity index (χ1) is 7.20. The van der Waals surface area contributed by atoms with E-state index >= 15 is 0 Å². The molecule has 0 radical (unpaired) electrons. The number of fused-ring (bicyclic) bond motifs is 1. The third kappa shape index (κ3) is 1.99. The molecule has 6 heteroatoms. The largest absolute Gasteiger partial charge is 0.359 e. The van der Waals surface area contributed by atoms with Crippen LogP contribution in [0.2, 0.25) is 0 Å². The van der Waals surface area contributed by atoms with Gasteiger partial charge in [-0.05, 0) is 13.3 Å². The number of aromatic nitrogens is 3. The van der Waals surface area contributed by atoms with Crippen LogP contribution in [-0.2, 0) is 0 Å². The van der Waals surface area contributed by atoms with Crippen LogP contribution < -0.4 is 10.9 Å². The lowest BCUT2D eigenvalue weighted by Crippen LogP contribution is -2.12. The average molecular weight is 224 g/mol. The van der Waals surface area contributed by atoms with Crippen molar-refractivity contribution >= 4 is 26.8 Å². The Bertz CT molecular complexity index is 518. The molecule has 0 bridgehead atoms. The van der Waals surface area contributed by atoms with Gasteiger partial charge in [0, 0.05) is 6.04 Å². The Morgan fingerprint density at radius 2 is 2.47 bits per heavy atom. The SMILES string of the molecule is CCC(C)Nc1nc2nc[nH]c(=O)c2s1. The second-order valence-corrected chi connectivity index (χ2v) is 4.36. The fourth-order valence-electron chi connectivity index (χ4n) is 1.14. The molecule has 0 aliphatic heterocycles. The number of nitrogens with one attached hydrogen (secondary N) is 2. The summed E-state index contributed by atoms with van der Waals surface area (Å²) in [5.41, 5.74) is 0.379. The highest BCUT2D eigenvalue weighted by Crippen LogP contribution is 2.21. The summed E-state index contributed by atoms with van der Waals surface area (Å²) < 4.78 is 0.573. The molecule has 0 aliphatic carbocycles. The van der Waals surface area contributed by atoms with Gasteiger partial charge in [-0.15, -0.1) is 0 Å². The van der Waals surface area contributed by atoms with E-state index in [-0.39, 0.29) is 5.56 Å². The predicted molar refractivity (Wildman–Crippen MR) is 61.4 cm³/mol. The van der Waals surface area contributed by atoms with Crippen molar-refractivity contribution in [3.63, 3.8) is 0 Å². The fourth-order valence-corrected chi connectivity index (χ4v) is 2.07. The number of hydrogen-bond donors (Lipinski definition) is 2. The van der Waals surface area contributed by atoms with Crippen molar-refractivity contribution in [2.45, 2.75) is 26.3 Å². The minimum Gasteiger partial charge on any atom is -0.359 e. The number of H-pyrrole nitrogens is 1. The molecule has 0 saturated carbocycles. The van der Waals surface area contributed by atoms with Gasteiger partial charge in [0.05, 0.1) is 6.33 Å². The summed E-state index contributed by atoms with van der Waals surface area (Å²) in [5.74, 6) is 0. The Morgan fingerprint density at radius 1 is 1.67 bits per heavy atom. The van der Waals surface area contributed by atoms with Gasteiger partial charge in [0.15, 0.2) is 10.8 Å². The lowest BCUT2D eigenvalue weighted by molar-refractivity contribution is 0.763. The Kier molecular flexibility index (Phi) is 2.68. The highest BCUT2D eigenvalue weighted by Gasteiger charge is 2.08. The van der Waals surface area contributed by atoms with E-state index in [4.69, 9.17) is 0 Å². The van der Waals surface area contributed by atoms with Crippen molar-refractivity contribution < 1.29 is 0 Å². The minimum atomic E-state index is -0.130. The molecule has 2 aromatic rings. The van der Waals surface area contributed by atoms with Crippen LogP contribution in [0, 0.1) is 0 Å². The van der Waals surface area contributed by atoms with Gasteiger partial charge in [-0.25, -0.2) is 4.98 Å². The number of rotatable bonds is 3. The van der Waals surface area contributed by atoms with Crippen molar-refractivity contribution in [3.8, 4) is 0 Å². The molecular weight excluding hydrogens is 212 g/mol. The van der Waals surface area contributed by atoms with Crippen LogP contribution in [0.25, 0.3) is 10.3 Å². The maximum absolute atomic E-state index is 11.4. The summed E-state index contributed by atoms with van der Waals surface area (Å²) in [6, 6.07) is 0.352. The number of hydrogen-bond acceptors (Lipinski definition) is 5. The zero-order valence-electron chi connectivity index (χ0n) is 8.57. The van der Waals surface area contributed by atoms with Gasteiger partial charge in [0.25, 0.3) is 5.56 Å². The van der Waals surface area contributed by atoms with Crippen LogP contribution in [0.3, 0.4) is 0 Å². The molecule has 1 atom stereocenters. The molecule has 0 amide bonds. The predicted octanol–water partition coefficient (Wildman–Crippen LogP) is 1.59. The van der Waals surface area contributed by atoms with Crippen molar-refractivity contribution in [2.24, 2.45) is 0 Å².